The summed E-state index contributed by atoms with van der Waals surface area (Å²) >= 11 is 16.2. The second kappa shape index (κ2) is 7.43. The minimum Gasteiger partial charge on any atom is -0.257 e. The van der Waals surface area contributed by atoms with E-state index in [0.717, 1.165) is 38.4 Å². The molecule has 0 radical (unpaired) electrons. The Hall–Kier alpha value is -1.81. The average Bonchev–Trinajstić information content (AvgIpc) is 3.08. The molecular formula is C21H15BrCl2N2. The van der Waals surface area contributed by atoms with Crippen LogP contribution < -0.4 is 5.01 Å². The molecule has 3 aromatic carbocycles. The Kier molecular flexibility index (Phi) is 5.03. The second-order valence-electron chi connectivity index (χ2n) is 6.12. The van der Waals surface area contributed by atoms with Crippen LogP contribution >= 0.6 is 39.1 Å². The predicted molar refractivity (Wildman–Crippen MR) is 113 cm³/mol. The summed E-state index contributed by atoms with van der Waals surface area (Å²) in [7, 11) is 0. The molecule has 4 rings (SSSR count). The van der Waals surface area contributed by atoms with Crippen LogP contribution in [0.3, 0.4) is 0 Å². The Morgan fingerprint density at radius 2 is 1.69 bits per heavy atom. The van der Waals surface area contributed by atoms with Gasteiger partial charge in [-0.15, -0.1) is 0 Å². The zero-order valence-corrected chi connectivity index (χ0v) is 16.8. The molecule has 0 unspecified atom stereocenters. The van der Waals surface area contributed by atoms with Crippen molar-refractivity contribution in [2.75, 3.05) is 5.01 Å². The fourth-order valence-corrected chi connectivity index (χ4v) is 3.88. The van der Waals surface area contributed by atoms with Crippen molar-refractivity contribution in [1.29, 1.82) is 0 Å². The molecule has 0 bridgehead atoms. The van der Waals surface area contributed by atoms with Crippen LogP contribution in [0.4, 0.5) is 5.69 Å². The average molecular weight is 446 g/mol. The first-order chi connectivity index (χ1) is 12.6. The minimum absolute atomic E-state index is 0.0285. The third kappa shape index (κ3) is 3.52. The molecule has 1 aliphatic heterocycles. The predicted octanol–water partition coefficient (Wildman–Crippen LogP) is 7.11. The minimum atomic E-state index is 0.0285. The second-order valence-corrected chi connectivity index (χ2v) is 7.88. The lowest BCUT2D eigenvalue weighted by Crippen LogP contribution is -2.18. The lowest BCUT2D eigenvalue weighted by Gasteiger charge is -2.24. The van der Waals surface area contributed by atoms with Crippen LogP contribution in [0.5, 0.6) is 0 Å². The topological polar surface area (TPSA) is 15.6 Å². The first-order valence-corrected chi connectivity index (χ1v) is 9.79. The standard InChI is InChI=1S/C21H15BrCl2N2/c22-15-10-8-14(9-11-15)20-13-21(18-6-1-2-7-19(18)24)26(25-20)17-5-3-4-16(23)12-17/h1-12,21H,13H2/t21-/m1/s1. The lowest BCUT2D eigenvalue weighted by atomic mass is 9.98. The van der Waals surface area contributed by atoms with Crippen molar-refractivity contribution in [3.63, 3.8) is 0 Å². The Morgan fingerprint density at radius 3 is 2.42 bits per heavy atom. The van der Waals surface area contributed by atoms with Gasteiger partial charge in [0, 0.05) is 20.9 Å². The van der Waals surface area contributed by atoms with Gasteiger partial charge in [-0.05, 0) is 47.5 Å². The summed E-state index contributed by atoms with van der Waals surface area (Å²) in [5.41, 5.74) is 4.15. The summed E-state index contributed by atoms with van der Waals surface area (Å²) in [5, 5.41) is 8.37. The molecule has 1 aliphatic rings. The van der Waals surface area contributed by atoms with Crippen LogP contribution in [0.25, 0.3) is 0 Å². The van der Waals surface area contributed by atoms with Gasteiger partial charge in [0.25, 0.3) is 0 Å². The maximum absolute atomic E-state index is 6.49. The molecule has 1 heterocycles. The highest BCUT2D eigenvalue weighted by molar-refractivity contribution is 9.10. The van der Waals surface area contributed by atoms with Crippen LogP contribution in [0.1, 0.15) is 23.6 Å². The fraction of sp³-hybridized carbons (Fsp3) is 0.0952. The fourth-order valence-electron chi connectivity index (χ4n) is 3.17. The monoisotopic (exact) mass is 444 g/mol. The van der Waals surface area contributed by atoms with E-state index >= 15 is 0 Å². The molecule has 0 spiro atoms. The van der Waals surface area contributed by atoms with Crippen LogP contribution in [0.15, 0.2) is 82.4 Å². The van der Waals surface area contributed by atoms with E-state index in [0.29, 0.717) is 5.02 Å². The molecule has 3 aromatic rings. The number of anilines is 1. The summed E-state index contributed by atoms with van der Waals surface area (Å²) in [6.07, 6.45) is 0.776. The first-order valence-electron chi connectivity index (χ1n) is 8.24. The SMILES string of the molecule is Clc1cccc(N2N=C(c3ccc(Br)cc3)C[C@@H]2c2ccccc2Cl)c1. The maximum atomic E-state index is 6.49. The van der Waals surface area contributed by atoms with E-state index in [2.05, 4.69) is 34.1 Å². The summed E-state index contributed by atoms with van der Waals surface area (Å²) in [6.45, 7) is 0. The number of hydrazone groups is 1. The van der Waals surface area contributed by atoms with Crippen molar-refractivity contribution in [3.8, 4) is 0 Å². The molecule has 0 aromatic heterocycles. The van der Waals surface area contributed by atoms with E-state index < -0.39 is 0 Å². The van der Waals surface area contributed by atoms with Crippen molar-refractivity contribution >= 4 is 50.5 Å². The van der Waals surface area contributed by atoms with Gasteiger partial charge in [0.2, 0.25) is 0 Å². The highest BCUT2D eigenvalue weighted by Crippen LogP contribution is 2.39. The van der Waals surface area contributed by atoms with Crippen molar-refractivity contribution < 1.29 is 0 Å². The zero-order valence-electron chi connectivity index (χ0n) is 13.7. The molecule has 0 amide bonds. The summed E-state index contributed by atoms with van der Waals surface area (Å²) in [4.78, 5) is 0. The Bertz CT molecular complexity index is 970. The molecular weight excluding hydrogens is 431 g/mol. The van der Waals surface area contributed by atoms with Crippen LogP contribution in [0, 0.1) is 0 Å². The van der Waals surface area contributed by atoms with Crippen molar-refractivity contribution in [2.24, 2.45) is 5.10 Å². The van der Waals surface area contributed by atoms with Crippen LogP contribution in [-0.4, -0.2) is 5.71 Å². The number of nitrogens with zero attached hydrogens (tertiary/aromatic N) is 2. The molecule has 0 aliphatic carbocycles. The molecule has 0 saturated heterocycles. The van der Waals surface area contributed by atoms with Crippen molar-refractivity contribution in [3.05, 3.63) is 98.4 Å². The largest absolute Gasteiger partial charge is 0.257 e. The van der Waals surface area contributed by atoms with Gasteiger partial charge in [-0.1, -0.05) is 75.5 Å². The third-order valence-electron chi connectivity index (χ3n) is 4.42. The van der Waals surface area contributed by atoms with E-state index in [4.69, 9.17) is 28.3 Å². The van der Waals surface area contributed by atoms with E-state index in [1.54, 1.807) is 0 Å². The zero-order chi connectivity index (χ0) is 18.1. The van der Waals surface area contributed by atoms with Gasteiger partial charge in [0.1, 0.15) is 0 Å². The van der Waals surface area contributed by atoms with Gasteiger partial charge < -0.3 is 0 Å². The summed E-state index contributed by atoms with van der Waals surface area (Å²) in [5.74, 6) is 0. The van der Waals surface area contributed by atoms with E-state index in [-0.39, 0.29) is 6.04 Å². The van der Waals surface area contributed by atoms with Gasteiger partial charge >= 0.3 is 0 Å². The molecule has 1 atom stereocenters. The Labute approximate surface area is 171 Å². The number of hydrogen-bond donors (Lipinski definition) is 0. The molecule has 0 N–H and O–H groups in total. The summed E-state index contributed by atoms with van der Waals surface area (Å²) in [6, 6.07) is 23.9. The van der Waals surface area contributed by atoms with Crippen molar-refractivity contribution in [2.45, 2.75) is 12.5 Å². The third-order valence-corrected chi connectivity index (χ3v) is 5.53. The van der Waals surface area contributed by atoms with E-state index in [1.807, 2.05) is 59.6 Å². The van der Waals surface area contributed by atoms with Crippen LogP contribution in [-0.2, 0) is 0 Å². The molecule has 0 fully saturated rings. The van der Waals surface area contributed by atoms with Gasteiger partial charge in [-0.2, -0.15) is 5.10 Å². The number of halogens is 3. The normalized spacial score (nSPS) is 16.7. The van der Waals surface area contributed by atoms with Crippen LogP contribution in [0.2, 0.25) is 10.0 Å². The smallest absolute Gasteiger partial charge is 0.0846 e. The molecule has 5 heteroatoms. The Morgan fingerprint density at radius 1 is 0.923 bits per heavy atom. The molecule has 0 saturated carbocycles. The molecule has 26 heavy (non-hydrogen) atoms. The highest BCUT2D eigenvalue weighted by Gasteiger charge is 2.31. The maximum Gasteiger partial charge on any atom is 0.0846 e. The molecule has 130 valence electrons. The van der Waals surface area contributed by atoms with Crippen molar-refractivity contribution in [1.82, 2.24) is 0 Å². The highest BCUT2D eigenvalue weighted by atomic mass is 79.9. The number of hydrogen-bond acceptors (Lipinski definition) is 2. The van der Waals surface area contributed by atoms with Gasteiger partial charge in [-0.3, -0.25) is 5.01 Å². The number of benzene rings is 3. The molecule has 2 nitrogen and oxygen atoms in total. The Balaban J connectivity index is 1.78. The van der Waals surface area contributed by atoms with E-state index in [9.17, 15) is 0 Å². The van der Waals surface area contributed by atoms with Gasteiger partial charge in [0.05, 0.1) is 17.4 Å². The quantitative estimate of drug-likeness (QED) is 0.419. The lowest BCUT2D eigenvalue weighted by molar-refractivity contribution is 0.709. The first kappa shape index (κ1) is 17.6. The number of rotatable bonds is 3. The van der Waals surface area contributed by atoms with Gasteiger partial charge in [-0.25, -0.2) is 0 Å². The van der Waals surface area contributed by atoms with Gasteiger partial charge in [0.15, 0.2) is 0 Å². The summed E-state index contributed by atoms with van der Waals surface area (Å²) < 4.78 is 1.05. The van der Waals surface area contributed by atoms with E-state index in [1.165, 1.54) is 0 Å².